The van der Waals surface area contributed by atoms with Crippen LogP contribution in [-0.2, 0) is 0 Å². The molecule has 0 aromatic carbocycles. The van der Waals surface area contributed by atoms with E-state index in [0.717, 1.165) is 5.92 Å². The minimum Gasteiger partial charge on any atom is -0.327 e. The molecule has 0 saturated heterocycles. The molecule has 60 valence electrons. The molecule has 1 rings (SSSR count). The van der Waals surface area contributed by atoms with Gasteiger partial charge in [-0.3, -0.25) is 0 Å². The molecule has 0 heterocycles. The fourth-order valence-corrected chi connectivity index (χ4v) is 1.70. The average Bonchev–Trinajstić information content (AvgIpc) is 1.92. The van der Waals surface area contributed by atoms with Gasteiger partial charge in [0.05, 0.1) is 0 Å². The van der Waals surface area contributed by atoms with Crippen molar-refractivity contribution >= 4 is 0 Å². The quantitative estimate of drug-likeness (QED) is 0.550. The van der Waals surface area contributed by atoms with Gasteiger partial charge in [-0.2, -0.15) is 0 Å². The van der Waals surface area contributed by atoms with Crippen LogP contribution in [0.25, 0.3) is 0 Å². The average molecular weight is 141 g/mol. The summed E-state index contributed by atoms with van der Waals surface area (Å²) in [5.41, 5.74) is 5.95. The van der Waals surface area contributed by atoms with Crippen LogP contribution in [0.3, 0.4) is 0 Å². The Morgan fingerprint density at radius 1 is 1.00 bits per heavy atom. The van der Waals surface area contributed by atoms with Gasteiger partial charge in [0.15, 0.2) is 0 Å². The van der Waals surface area contributed by atoms with Crippen LogP contribution in [0.5, 0.6) is 0 Å². The van der Waals surface area contributed by atoms with Crippen LogP contribution >= 0.6 is 0 Å². The highest BCUT2D eigenvalue weighted by Crippen LogP contribution is 2.20. The first kappa shape index (κ1) is 8.06. The molecule has 0 spiro atoms. The van der Waals surface area contributed by atoms with E-state index in [4.69, 9.17) is 5.73 Å². The maximum Gasteiger partial charge on any atom is 0.00645 e. The molecule has 1 saturated carbocycles. The minimum absolute atomic E-state index is 0.486. The van der Waals surface area contributed by atoms with Crippen LogP contribution in [0.2, 0.25) is 0 Å². The lowest BCUT2D eigenvalue weighted by Crippen LogP contribution is -2.28. The Bertz CT molecular complexity index is 78.7. The van der Waals surface area contributed by atoms with Crippen molar-refractivity contribution in [2.75, 3.05) is 0 Å². The lowest BCUT2D eigenvalue weighted by molar-refractivity contribution is 0.353. The van der Waals surface area contributed by atoms with Crippen molar-refractivity contribution < 1.29 is 0 Å². The van der Waals surface area contributed by atoms with Crippen molar-refractivity contribution in [2.24, 2.45) is 11.7 Å². The molecule has 0 aliphatic heterocycles. The molecule has 0 bridgehead atoms. The van der Waals surface area contributed by atoms with E-state index in [1.54, 1.807) is 0 Å². The fourth-order valence-electron chi connectivity index (χ4n) is 1.70. The van der Waals surface area contributed by atoms with Gasteiger partial charge in [0.2, 0.25) is 0 Å². The lowest BCUT2D eigenvalue weighted by Gasteiger charge is -2.22. The first-order chi connectivity index (χ1) is 4.80. The summed E-state index contributed by atoms with van der Waals surface area (Å²) in [5.74, 6) is 0.764. The molecular formula is C9H19N. The monoisotopic (exact) mass is 141 g/mol. The molecule has 0 radical (unpaired) electrons. The molecule has 1 nitrogen and oxygen atoms in total. The normalized spacial score (nSPS) is 36.6. The number of rotatable bonds is 0. The van der Waals surface area contributed by atoms with Gasteiger partial charge in [0.25, 0.3) is 0 Å². The summed E-state index contributed by atoms with van der Waals surface area (Å²) in [4.78, 5) is 0. The summed E-state index contributed by atoms with van der Waals surface area (Å²) in [6.45, 7) is 2.29. The van der Waals surface area contributed by atoms with E-state index in [-0.39, 0.29) is 0 Å². The van der Waals surface area contributed by atoms with Gasteiger partial charge in [0, 0.05) is 6.04 Å². The summed E-state index contributed by atoms with van der Waals surface area (Å²) in [6.07, 6.45) is 8.18. The molecular weight excluding hydrogens is 122 g/mol. The fraction of sp³-hybridized carbons (Fsp3) is 1.00. The van der Waals surface area contributed by atoms with Crippen LogP contribution < -0.4 is 5.73 Å². The predicted octanol–water partition coefficient (Wildman–Crippen LogP) is 2.30. The summed E-state index contributed by atoms with van der Waals surface area (Å²) >= 11 is 0. The van der Waals surface area contributed by atoms with Crippen LogP contribution in [0.1, 0.15) is 45.4 Å². The van der Waals surface area contributed by atoms with Crippen LogP contribution in [-0.4, -0.2) is 6.04 Å². The van der Waals surface area contributed by atoms with Gasteiger partial charge in [-0.25, -0.2) is 0 Å². The third-order valence-corrected chi connectivity index (χ3v) is 2.68. The van der Waals surface area contributed by atoms with Crippen LogP contribution in [0.15, 0.2) is 0 Å². The summed E-state index contributed by atoms with van der Waals surface area (Å²) in [5, 5.41) is 0. The van der Waals surface area contributed by atoms with Crippen molar-refractivity contribution in [1.82, 2.24) is 0 Å². The third kappa shape index (κ3) is 2.30. The van der Waals surface area contributed by atoms with E-state index in [1.165, 1.54) is 38.5 Å². The zero-order chi connectivity index (χ0) is 7.40. The van der Waals surface area contributed by atoms with E-state index in [0.29, 0.717) is 6.04 Å². The van der Waals surface area contributed by atoms with Crippen molar-refractivity contribution in [3.63, 3.8) is 0 Å². The Morgan fingerprint density at radius 2 is 1.60 bits per heavy atom. The standard InChI is InChI=1S/C9H19N/c1-8-6-4-2-3-5-7-9(8)10/h8-9H,2-7,10H2,1H3/t8-,9?/m0/s1. The molecule has 0 aromatic heterocycles. The SMILES string of the molecule is C[C@H]1CCCCCCC1N. The highest BCUT2D eigenvalue weighted by Gasteiger charge is 2.13. The Hall–Kier alpha value is -0.0400. The number of hydrogen-bond donors (Lipinski definition) is 1. The third-order valence-electron chi connectivity index (χ3n) is 2.68. The predicted molar refractivity (Wildman–Crippen MR) is 44.8 cm³/mol. The number of nitrogens with two attached hydrogens (primary N) is 1. The smallest absolute Gasteiger partial charge is 0.00645 e. The second-order valence-corrected chi connectivity index (χ2v) is 3.63. The minimum atomic E-state index is 0.486. The van der Waals surface area contributed by atoms with Crippen molar-refractivity contribution in [3.8, 4) is 0 Å². The Kier molecular flexibility index (Phi) is 3.20. The molecule has 10 heavy (non-hydrogen) atoms. The molecule has 1 unspecified atom stereocenters. The molecule has 0 amide bonds. The molecule has 1 aliphatic rings. The molecule has 1 aliphatic carbocycles. The van der Waals surface area contributed by atoms with Crippen LogP contribution in [0.4, 0.5) is 0 Å². The van der Waals surface area contributed by atoms with E-state index < -0.39 is 0 Å². The van der Waals surface area contributed by atoms with Crippen LogP contribution in [0, 0.1) is 5.92 Å². The topological polar surface area (TPSA) is 26.0 Å². The molecule has 1 heteroatoms. The zero-order valence-corrected chi connectivity index (χ0v) is 6.97. The second-order valence-electron chi connectivity index (χ2n) is 3.63. The summed E-state index contributed by atoms with van der Waals surface area (Å²) in [6, 6.07) is 0.486. The summed E-state index contributed by atoms with van der Waals surface area (Å²) < 4.78 is 0. The summed E-state index contributed by atoms with van der Waals surface area (Å²) in [7, 11) is 0. The van der Waals surface area contributed by atoms with Crippen molar-refractivity contribution in [1.29, 1.82) is 0 Å². The number of hydrogen-bond acceptors (Lipinski definition) is 1. The van der Waals surface area contributed by atoms with Crippen molar-refractivity contribution in [3.05, 3.63) is 0 Å². The molecule has 1 fully saturated rings. The lowest BCUT2D eigenvalue weighted by atomic mass is 9.89. The van der Waals surface area contributed by atoms with Gasteiger partial charge in [-0.05, 0) is 18.8 Å². The molecule has 2 N–H and O–H groups in total. The van der Waals surface area contributed by atoms with Gasteiger partial charge in [-0.1, -0.05) is 32.6 Å². The Balaban J connectivity index is 2.28. The maximum absolute atomic E-state index is 5.95. The van der Waals surface area contributed by atoms with E-state index in [2.05, 4.69) is 6.92 Å². The first-order valence-electron chi connectivity index (χ1n) is 4.56. The van der Waals surface area contributed by atoms with E-state index in [9.17, 15) is 0 Å². The first-order valence-corrected chi connectivity index (χ1v) is 4.56. The Morgan fingerprint density at radius 3 is 2.30 bits per heavy atom. The highest BCUT2D eigenvalue weighted by molar-refractivity contribution is 4.71. The van der Waals surface area contributed by atoms with Crippen molar-refractivity contribution in [2.45, 2.75) is 51.5 Å². The van der Waals surface area contributed by atoms with Gasteiger partial charge >= 0.3 is 0 Å². The second kappa shape index (κ2) is 3.97. The largest absolute Gasteiger partial charge is 0.327 e. The van der Waals surface area contributed by atoms with Gasteiger partial charge in [0.1, 0.15) is 0 Å². The van der Waals surface area contributed by atoms with Gasteiger partial charge < -0.3 is 5.73 Å². The Labute approximate surface area is 64.0 Å². The molecule has 0 aromatic rings. The van der Waals surface area contributed by atoms with E-state index in [1.807, 2.05) is 0 Å². The zero-order valence-electron chi connectivity index (χ0n) is 6.97. The maximum atomic E-state index is 5.95. The van der Waals surface area contributed by atoms with E-state index >= 15 is 0 Å². The van der Waals surface area contributed by atoms with Gasteiger partial charge in [-0.15, -0.1) is 0 Å². The highest BCUT2D eigenvalue weighted by atomic mass is 14.6. The molecule has 2 atom stereocenters.